The number of piperidine rings is 1. The Morgan fingerprint density at radius 1 is 1.22 bits per heavy atom. The van der Waals surface area contributed by atoms with Gasteiger partial charge in [-0.05, 0) is 26.4 Å². The van der Waals surface area contributed by atoms with Crippen LogP contribution in [0.1, 0.15) is 12.8 Å². The zero-order valence-electron chi connectivity index (χ0n) is 12.0. The maximum atomic E-state index is 10.6. The summed E-state index contributed by atoms with van der Waals surface area (Å²) in [5.74, 6) is 0. The minimum Gasteiger partial charge on any atom is -0.387 e. The van der Waals surface area contributed by atoms with Crippen LogP contribution in [-0.4, -0.2) is 87.7 Å². The standard InChI is InChI=1S/C13H28N2O3/c1-14-6-4-5-13(16,11-14)12-15(7-9-17-2)8-10-18-3/h16H,4-12H2,1-3H3/t13-/m1/s1. The molecule has 0 unspecified atom stereocenters. The summed E-state index contributed by atoms with van der Waals surface area (Å²) in [6, 6.07) is 0. The highest BCUT2D eigenvalue weighted by molar-refractivity contribution is 4.89. The molecule has 0 aromatic heterocycles. The predicted molar refractivity (Wildman–Crippen MR) is 71.9 cm³/mol. The number of methoxy groups -OCH3 is 2. The maximum Gasteiger partial charge on any atom is 0.0900 e. The first-order valence-corrected chi connectivity index (χ1v) is 6.71. The second-order valence-corrected chi connectivity index (χ2v) is 5.33. The Kier molecular flexibility index (Phi) is 7.11. The second kappa shape index (κ2) is 8.07. The van der Waals surface area contributed by atoms with E-state index in [1.807, 2.05) is 0 Å². The van der Waals surface area contributed by atoms with Crippen molar-refractivity contribution in [3.05, 3.63) is 0 Å². The number of likely N-dealkylation sites (tertiary alicyclic amines) is 1. The third-order valence-electron chi connectivity index (χ3n) is 3.49. The molecule has 1 atom stereocenters. The topological polar surface area (TPSA) is 45.2 Å². The number of β-amino-alcohol motifs (C(OH)–C–C–N with tert-alkyl or cyclic N) is 1. The van der Waals surface area contributed by atoms with Crippen LogP contribution in [-0.2, 0) is 9.47 Å². The molecule has 1 aliphatic heterocycles. The van der Waals surface area contributed by atoms with Gasteiger partial charge in [0.1, 0.15) is 0 Å². The number of rotatable bonds is 8. The zero-order valence-corrected chi connectivity index (χ0v) is 12.0. The van der Waals surface area contributed by atoms with Crippen molar-refractivity contribution < 1.29 is 14.6 Å². The minimum absolute atomic E-state index is 0.589. The van der Waals surface area contributed by atoms with E-state index in [0.29, 0.717) is 19.8 Å². The zero-order chi connectivity index (χ0) is 13.4. The lowest BCUT2D eigenvalue weighted by atomic mass is 9.92. The number of nitrogens with zero attached hydrogens (tertiary/aromatic N) is 2. The van der Waals surface area contributed by atoms with E-state index in [4.69, 9.17) is 9.47 Å². The maximum absolute atomic E-state index is 10.6. The third kappa shape index (κ3) is 5.63. The van der Waals surface area contributed by atoms with Gasteiger partial charge in [-0.25, -0.2) is 0 Å². The number of hydrogen-bond donors (Lipinski definition) is 1. The summed E-state index contributed by atoms with van der Waals surface area (Å²) in [5.41, 5.74) is -0.589. The van der Waals surface area contributed by atoms with Gasteiger partial charge in [-0.2, -0.15) is 0 Å². The highest BCUT2D eigenvalue weighted by Crippen LogP contribution is 2.21. The Labute approximate surface area is 111 Å². The molecule has 1 saturated heterocycles. The quantitative estimate of drug-likeness (QED) is 0.667. The molecule has 1 heterocycles. The van der Waals surface area contributed by atoms with Crippen molar-refractivity contribution in [1.82, 2.24) is 9.80 Å². The predicted octanol–water partition coefficient (Wildman–Crippen LogP) is 0.0379. The molecule has 1 fully saturated rings. The van der Waals surface area contributed by atoms with Gasteiger partial charge in [0.2, 0.25) is 0 Å². The summed E-state index contributed by atoms with van der Waals surface area (Å²) in [6.45, 7) is 5.59. The molecule has 0 bridgehead atoms. The summed E-state index contributed by atoms with van der Waals surface area (Å²) in [4.78, 5) is 4.43. The summed E-state index contributed by atoms with van der Waals surface area (Å²) >= 11 is 0. The van der Waals surface area contributed by atoms with Gasteiger partial charge >= 0.3 is 0 Å². The molecule has 0 radical (unpaired) electrons. The monoisotopic (exact) mass is 260 g/mol. The molecule has 5 heteroatoms. The van der Waals surface area contributed by atoms with Crippen LogP contribution in [0, 0.1) is 0 Å². The molecular formula is C13H28N2O3. The number of hydrogen-bond acceptors (Lipinski definition) is 5. The van der Waals surface area contributed by atoms with Gasteiger partial charge in [-0.1, -0.05) is 0 Å². The first-order valence-electron chi connectivity index (χ1n) is 6.71. The van der Waals surface area contributed by atoms with Crippen molar-refractivity contribution in [1.29, 1.82) is 0 Å². The first-order chi connectivity index (χ1) is 8.59. The fourth-order valence-electron chi connectivity index (χ4n) is 2.59. The Bertz CT molecular complexity index is 220. The molecule has 0 saturated carbocycles. The summed E-state index contributed by atoms with van der Waals surface area (Å²) in [5, 5.41) is 10.6. The van der Waals surface area contributed by atoms with Crippen molar-refractivity contribution in [2.45, 2.75) is 18.4 Å². The van der Waals surface area contributed by atoms with E-state index in [1.165, 1.54) is 0 Å². The first kappa shape index (κ1) is 15.9. The van der Waals surface area contributed by atoms with E-state index in [0.717, 1.165) is 39.0 Å². The van der Waals surface area contributed by atoms with Gasteiger partial charge in [-0.3, -0.25) is 4.90 Å². The molecule has 1 N–H and O–H groups in total. The fraction of sp³-hybridized carbons (Fsp3) is 1.00. The minimum atomic E-state index is -0.589. The Morgan fingerprint density at radius 3 is 2.33 bits per heavy atom. The van der Waals surface area contributed by atoms with Crippen LogP contribution >= 0.6 is 0 Å². The fourth-order valence-corrected chi connectivity index (χ4v) is 2.59. The van der Waals surface area contributed by atoms with Crippen LogP contribution in [0.25, 0.3) is 0 Å². The number of aliphatic hydroxyl groups is 1. The number of ether oxygens (including phenoxy) is 2. The average molecular weight is 260 g/mol. The Balaban J connectivity index is 2.45. The molecule has 1 rings (SSSR count). The van der Waals surface area contributed by atoms with E-state index in [1.54, 1.807) is 14.2 Å². The normalized spacial score (nSPS) is 25.8. The summed E-state index contributed by atoms with van der Waals surface area (Å²) < 4.78 is 10.2. The average Bonchev–Trinajstić information content (AvgIpc) is 2.32. The van der Waals surface area contributed by atoms with Crippen molar-refractivity contribution in [3.63, 3.8) is 0 Å². The molecule has 0 spiro atoms. The van der Waals surface area contributed by atoms with Crippen molar-refractivity contribution in [3.8, 4) is 0 Å². The summed E-state index contributed by atoms with van der Waals surface area (Å²) in [7, 11) is 5.48. The van der Waals surface area contributed by atoms with Gasteiger partial charge < -0.3 is 19.5 Å². The molecule has 1 aliphatic rings. The third-order valence-corrected chi connectivity index (χ3v) is 3.49. The van der Waals surface area contributed by atoms with Gasteiger partial charge in [0.25, 0.3) is 0 Å². The number of likely N-dealkylation sites (N-methyl/N-ethyl adjacent to an activating group) is 1. The van der Waals surface area contributed by atoms with E-state index in [2.05, 4.69) is 16.8 Å². The van der Waals surface area contributed by atoms with Crippen LogP contribution in [0.3, 0.4) is 0 Å². The summed E-state index contributed by atoms with van der Waals surface area (Å²) in [6.07, 6.45) is 1.95. The molecular weight excluding hydrogens is 232 g/mol. The lowest BCUT2D eigenvalue weighted by Crippen LogP contribution is -2.54. The molecule has 0 aromatic rings. The smallest absolute Gasteiger partial charge is 0.0900 e. The lowest BCUT2D eigenvalue weighted by Gasteiger charge is -2.40. The Hall–Kier alpha value is -0.200. The SMILES string of the molecule is COCCN(CCOC)C[C@@]1(O)CCCN(C)C1. The van der Waals surface area contributed by atoms with Gasteiger partial charge in [-0.15, -0.1) is 0 Å². The van der Waals surface area contributed by atoms with E-state index in [9.17, 15) is 5.11 Å². The molecule has 0 aliphatic carbocycles. The second-order valence-electron chi connectivity index (χ2n) is 5.33. The van der Waals surface area contributed by atoms with Crippen molar-refractivity contribution in [2.75, 3.05) is 67.2 Å². The van der Waals surface area contributed by atoms with Crippen LogP contribution in [0.5, 0.6) is 0 Å². The van der Waals surface area contributed by atoms with Crippen LogP contribution < -0.4 is 0 Å². The molecule has 18 heavy (non-hydrogen) atoms. The highest BCUT2D eigenvalue weighted by atomic mass is 16.5. The van der Waals surface area contributed by atoms with Crippen molar-refractivity contribution in [2.24, 2.45) is 0 Å². The molecule has 108 valence electrons. The van der Waals surface area contributed by atoms with Crippen LogP contribution in [0.2, 0.25) is 0 Å². The molecule has 0 amide bonds. The van der Waals surface area contributed by atoms with Gasteiger partial charge in [0.15, 0.2) is 0 Å². The molecule has 5 nitrogen and oxygen atoms in total. The van der Waals surface area contributed by atoms with E-state index >= 15 is 0 Å². The lowest BCUT2D eigenvalue weighted by molar-refractivity contribution is -0.0526. The van der Waals surface area contributed by atoms with Gasteiger partial charge in [0.05, 0.1) is 18.8 Å². The van der Waals surface area contributed by atoms with E-state index < -0.39 is 5.60 Å². The van der Waals surface area contributed by atoms with Gasteiger partial charge in [0, 0.05) is 40.4 Å². The largest absolute Gasteiger partial charge is 0.387 e. The van der Waals surface area contributed by atoms with Crippen LogP contribution in [0.15, 0.2) is 0 Å². The molecule has 0 aromatic carbocycles. The van der Waals surface area contributed by atoms with Crippen molar-refractivity contribution >= 4 is 0 Å². The van der Waals surface area contributed by atoms with Crippen LogP contribution in [0.4, 0.5) is 0 Å². The van der Waals surface area contributed by atoms with E-state index in [-0.39, 0.29) is 0 Å². The highest BCUT2D eigenvalue weighted by Gasteiger charge is 2.33. The Morgan fingerprint density at radius 2 is 1.83 bits per heavy atom.